The van der Waals surface area contributed by atoms with Gasteiger partial charge in [0.05, 0.1) is 4.90 Å². The fraction of sp³-hybridized carbons (Fsp3) is 0.0500. The summed E-state index contributed by atoms with van der Waals surface area (Å²) in [6.07, 6.45) is 0. The number of benzene rings is 3. The molecule has 148 valence electrons. The predicted molar refractivity (Wildman–Crippen MR) is 116 cm³/mol. The molecule has 29 heavy (non-hydrogen) atoms. The number of hydrogen-bond donors (Lipinski definition) is 3. The maximum absolute atomic E-state index is 12.5. The number of ether oxygens (including phenoxy) is 2. The second-order valence-corrected chi connectivity index (χ2v) is 8.23. The van der Waals surface area contributed by atoms with Gasteiger partial charge in [-0.05, 0) is 60.7 Å². The highest BCUT2D eigenvalue weighted by atomic mass is 32.2. The van der Waals surface area contributed by atoms with Crippen molar-refractivity contribution in [1.82, 2.24) is 0 Å². The van der Waals surface area contributed by atoms with Gasteiger partial charge in [0.2, 0.25) is 6.79 Å². The van der Waals surface area contributed by atoms with Crippen LogP contribution in [0.1, 0.15) is 0 Å². The molecule has 0 aliphatic carbocycles. The molecule has 0 saturated carbocycles. The molecule has 4 rings (SSSR count). The molecule has 0 unspecified atom stereocenters. The van der Waals surface area contributed by atoms with Gasteiger partial charge in [-0.15, -0.1) is 0 Å². The Morgan fingerprint density at radius 1 is 0.793 bits per heavy atom. The first-order valence-electron chi connectivity index (χ1n) is 8.65. The highest BCUT2D eigenvalue weighted by molar-refractivity contribution is 7.92. The third-order valence-electron chi connectivity index (χ3n) is 4.08. The van der Waals surface area contributed by atoms with Crippen molar-refractivity contribution in [2.75, 3.05) is 22.1 Å². The number of hydrogen-bond acceptors (Lipinski definition) is 5. The summed E-state index contributed by atoms with van der Waals surface area (Å²) in [7, 11) is -3.66. The average molecular weight is 428 g/mol. The lowest BCUT2D eigenvalue weighted by molar-refractivity contribution is 0.174. The highest BCUT2D eigenvalue weighted by Gasteiger charge is 2.15. The van der Waals surface area contributed by atoms with E-state index in [1.807, 2.05) is 12.1 Å². The van der Waals surface area contributed by atoms with Gasteiger partial charge in [0.25, 0.3) is 10.0 Å². The van der Waals surface area contributed by atoms with Crippen LogP contribution in [0.25, 0.3) is 0 Å². The van der Waals surface area contributed by atoms with Crippen molar-refractivity contribution in [3.8, 4) is 11.5 Å². The molecule has 3 N–H and O–H groups in total. The van der Waals surface area contributed by atoms with Crippen LogP contribution in [0, 0.1) is 0 Å². The normalized spacial score (nSPS) is 12.3. The van der Waals surface area contributed by atoms with Crippen LogP contribution in [0.2, 0.25) is 0 Å². The predicted octanol–water partition coefficient (Wildman–Crippen LogP) is 4.03. The van der Waals surface area contributed by atoms with Crippen molar-refractivity contribution in [3.05, 3.63) is 72.8 Å². The van der Waals surface area contributed by atoms with Crippen LogP contribution in [0.15, 0.2) is 77.7 Å². The first-order chi connectivity index (χ1) is 14.0. The Balaban J connectivity index is 1.39. The summed E-state index contributed by atoms with van der Waals surface area (Å²) in [5.74, 6) is 1.34. The molecule has 3 aromatic carbocycles. The maximum Gasteiger partial charge on any atom is 0.261 e. The molecule has 0 radical (unpaired) electrons. The summed E-state index contributed by atoms with van der Waals surface area (Å²) in [5.41, 5.74) is 1.91. The van der Waals surface area contributed by atoms with Gasteiger partial charge in [0.1, 0.15) is 0 Å². The lowest BCUT2D eigenvalue weighted by Crippen LogP contribution is -2.19. The van der Waals surface area contributed by atoms with Crippen molar-refractivity contribution in [2.24, 2.45) is 0 Å². The standard InChI is InChI=1S/C20H17N3O4S2/c24-29(25,23-15-4-2-1-3-5-15)17-9-6-14(7-10-17)21-20(28)22-16-8-11-18-19(12-16)27-13-26-18/h1-12,23H,13H2,(H2,21,22,28). The largest absolute Gasteiger partial charge is 0.454 e. The molecule has 9 heteroatoms. The molecule has 0 spiro atoms. The molecule has 7 nitrogen and oxygen atoms in total. The molecule has 1 heterocycles. The van der Waals surface area contributed by atoms with Gasteiger partial charge < -0.3 is 20.1 Å². The molecule has 0 fully saturated rings. The quantitative estimate of drug-likeness (QED) is 0.530. The first-order valence-corrected chi connectivity index (χ1v) is 10.5. The van der Waals surface area contributed by atoms with Crippen LogP contribution < -0.4 is 24.8 Å². The lowest BCUT2D eigenvalue weighted by Gasteiger charge is -2.12. The molecule has 0 saturated heterocycles. The fourth-order valence-corrected chi connectivity index (χ4v) is 4.00. The van der Waals surface area contributed by atoms with Gasteiger partial charge in [0, 0.05) is 23.1 Å². The van der Waals surface area contributed by atoms with Crippen molar-refractivity contribution in [1.29, 1.82) is 0 Å². The summed E-state index contributed by atoms with van der Waals surface area (Å²) < 4.78 is 38.1. The van der Waals surface area contributed by atoms with Gasteiger partial charge in [-0.1, -0.05) is 18.2 Å². The minimum absolute atomic E-state index is 0.154. The third kappa shape index (κ3) is 4.58. The average Bonchev–Trinajstić information content (AvgIpc) is 3.16. The van der Waals surface area contributed by atoms with E-state index in [4.69, 9.17) is 21.7 Å². The number of thiocarbonyl (C=S) groups is 1. The zero-order valence-electron chi connectivity index (χ0n) is 15.1. The number of nitrogens with one attached hydrogen (secondary N) is 3. The van der Waals surface area contributed by atoms with Crippen LogP contribution in [0.4, 0.5) is 17.1 Å². The van der Waals surface area contributed by atoms with Gasteiger partial charge in [-0.25, -0.2) is 8.42 Å². The van der Waals surface area contributed by atoms with E-state index in [0.717, 1.165) is 5.69 Å². The SMILES string of the molecule is O=S(=O)(Nc1ccccc1)c1ccc(NC(=S)Nc2ccc3c(c2)OCO3)cc1. The number of sulfonamides is 1. The van der Waals surface area contributed by atoms with Crippen molar-refractivity contribution < 1.29 is 17.9 Å². The lowest BCUT2D eigenvalue weighted by atomic mass is 10.3. The monoisotopic (exact) mass is 427 g/mol. The number of fused-ring (bicyclic) bond motifs is 1. The van der Waals surface area contributed by atoms with E-state index in [-0.39, 0.29) is 11.7 Å². The molecule has 0 aromatic heterocycles. The second kappa shape index (κ2) is 7.98. The summed E-state index contributed by atoms with van der Waals surface area (Å²) in [6.45, 7) is 0.204. The molecule has 0 atom stereocenters. The Labute approximate surface area is 173 Å². The van der Waals surface area contributed by atoms with Crippen molar-refractivity contribution in [3.63, 3.8) is 0 Å². The molecular formula is C20H17N3O4S2. The second-order valence-electron chi connectivity index (χ2n) is 6.14. The molecule has 1 aliphatic heterocycles. The van der Waals surface area contributed by atoms with Crippen LogP contribution in [0.5, 0.6) is 11.5 Å². The van der Waals surface area contributed by atoms with E-state index in [9.17, 15) is 8.42 Å². The molecule has 0 bridgehead atoms. The Morgan fingerprint density at radius 3 is 2.21 bits per heavy atom. The molecular weight excluding hydrogens is 410 g/mol. The Hall–Kier alpha value is -3.30. The summed E-state index contributed by atoms with van der Waals surface area (Å²) in [6, 6.07) is 20.5. The van der Waals surface area contributed by atoms with Crippen LogP contribution in [-0.2, 0) is 10.0 Å². The van der Waals surface area contributed by atoms with E-state index in [0.29, 0.717) is 28.0 Å². The van der Waals surface area contributed by atoms with Crippen molar-refractivity contribution in [2.45, 2.75) is 4.90 Å². The van der Waals surface area contributed by atoms with E-state index in [1.54, 1.807) is 48.5 Å². The zero-order valence-corrected chi connectivity index (χ0v) is 16.7. The zero-order chi connectivity index (χ0) is 20.3. The smallest absolute Gasteiger partial charge is 0.261 e. The Morgan fingerprint density at radius 2 is 1.45 bits per heavy atom. The van der Waals surface area contributed by atoms with Gasteiger partial charge in [0.15, 0.2) is 16.6 Å². The summed E-state index contributed by atoms with van der Waals surface area (Å²) >= 11 is 5.31. The van der Waals surface area contributed by atoms with Gasteiger partial charge in [-0.3, -0.25) is 4.72 Å². The highest BCUT2D eigenvalue weighted by Crippen LogP contribution is 2.34. The summed E-state index contributed by atoms with van der Waals surface area (Å²) in [5, 5.41) is 6.43. The molecule has 0 amide bonds. The van der Waals surface area contributed by atoms with Crippen LogP contribution in [0.3, 0.4) is 0 Å². The third-order valence-corrected chi connectivity index (χ3v) is 5.68. The number of anilines is 3. The number of rotatable bonds is 5. The van der Waals surface area contributed by atoms with Crippen molar-refractivity contribution >= 4 is 44.4 Å². The fourth-order valence-electron chi connectivity index (χ4n) is 2.71. The topological polar surface area (TPSA) is 88.7 Å². The Kier molecular flexibility index (Phi) is 5.24. The van der Waals surface area contributed by atoms with E-state index >= 15 is 0 Å². The first kappa shape index (κ1) is 19.0. The van der Waals surface area contributed by atoms with Gasteiger partial charge in [-0.2, -0.15) is 0 Å². The van der Waals surface area contributed by atoms with Crippen LogP contribution in [-0.4, -0.2) is 20.3 Å². The molecule has 3 aromatic rings. The minimum atomic E-state index is -3.66. The van der Waals surface area contributed by atoms with E-state index in [2.05, 4.69) is 15.4 Å². The summed E-state index contributed by atoms with van der Waals surface area (Å²) in [4.78, 5) is 0.154. The Bertz CT molecular complexity index is 1130. The van der Waals surface area contributed by atoms with Crippen LogP contribution >= 0.6 is 12.2 Å². The maximum atomic E-state index is 12.5. The molecule has 1 aliphatic rings. The van der Waals surface area contributed by atoms with E-state index < -0.39 is 10.0 Å². The van der Waals surface area contributed by atoms with Gasteiger partial charge >= 0.3 is 0 Å². The number of para-hydroxylation sites is 1. The minimum Gasteiger partial charge on any atom is -0.454 e. The van der Waals surface area contributed by atoms with E-state index in [1.165, 1.54) is 12.1 Å².